The lowest BCUT2D eigenvalue weighted by Gasteiger charge is -2.07. The molecule has 0 aliphatic carbocycles. The minimum Gasteiger partial charge on any atom is -0.322 e. The highest BCUT2D eigenvalue weighted by molar-refractivity contribution is 6.30. The average molecular weight is 348 g/mol. The molecule has 0 unspecified atom stereocenters. The summed E-state index contributed by atoms with van der Waals surface area (Å²) in [7, 11) is 0. The number of aromatic nitrogens is 2. The van der Waals surface area contributed by atoms with Crippen molar-refractivity contribution >= 4 is 34.2 Å². The van der Waals surface area contributed by atoms with E-state index in [0.717, 1.165) is 16.7 Å². The SMILES string of the molecule is O=C(Nc1ccc2c(c1)ncn2-c1ccccc1)c1ccc(Cl)cc1. The molecule has 0 saturated heterocycles. The molecule has 0 radical (unpaired) electrons. The van der Waals surface area contributed by atoms with E-state index in [2.05, 4.69) is 10.3 Å². The normalized spacial score (nSPS) is 10.8. The zero-order valence-corrected chi connectivity index (χ0v) is 13.9. The maximum atomic E-state index is 12.3. The molecule has 0 bridgehead atoms. The number of halogens is 1. The number of amides is 1. The van der Waals surface area contributed by atoms with Crippen LogP contribution in [0.5, 0.6) is 0 Å². The Labute approximate surface area is 149 Å². The van der Waals surface area contributed by atoms with Gasteiger partial charge in [0.1, 0.15) is 6.33 Å². The minimum absolute atomic E-state index is 0.182. The van der Waals surface area contributed by atoms with Gasteiger partial charge in [-0.05, 0) is 54.6 Å². The van der Waals surface area contributed by atoms with E-state index in [1.807, 2.05) is 53.1 Å². The highest BCUT2D eigenvalue weighted by Gasteiger charge is 2.09. The number of hydrogen-bond acceptors (Lipinski definition) is 2. The van der Waals surface area contributed by atoms with Crippen molar-refractivity contribution in [1.29, 1.82) is 0 Å². The standard InChI is InChI=1S/C20H14ClN3O/c21-15-8-6-14(7-9-15)20(25)23-16-10-11-19-18(12-16)22-13-24(19)17-4-2-1-3-5-17/h1-13H,(H,23,25). The van der Waals surface area contributed by atoms with E-state index in [-0.39, 0.29) is 5.91 Å². The first-order chi connectivity index (χ1) is 12.2. The molecule has 122 valence electrons. The van der Waals surface area contributed by atoms with Crippen molar-refractivity contribution < 1.29 is 4.79 Å². The quantitative estimate of drug-likeness (QED) is 0.571. The number of hydrogen-bond donors (Lipinski definition) is 1. The molecule has 0 spiro atoms. The third-order valence-electron chi connectivity index (χ3n) is 3.95. The Hall–Kier alpha value is -3.11. The van der Waals surface area contributed by atoms with Crippen LogP contribution < -0.4 is 5.32 Å². The summed E-state index contributed by atoms with van der Waals surface area (Å²) in [5.74, 6) is -0.182. The molecule has 4 nitrogen and oxygen atoms in total. The molecule has 0 fully saturated rings. The Morgan fingerprint density at radius 1 is 0.960 bits per heavy atom. The van der Waals surface area contributed by atoms with Crippen molar-refractivity contribution in [3.63, 3.8) is 0 Å². The Balaban J connectivity index is 1.62. The predicted molar refractivity (Wildman–Crippen MR) is 100 cm³/mol. The molecular weight excluding hydrogens is 334 g/mol. The van der Waals surface area contributed by atoms with Crippen molar-refractivity contribution in [3.8, 4) is 5.69 Å². The van der Waals surface area contributed by atoms with Gasteiger partial charge < -0.3 is 5.32 Å². The van der Waals surface area contributed by atoms with Crippen molar-refractivity contribution in [3.05, 3.63) is 89.7 Å². The molecule has 5 heteroatoms. The van der Waals surface area contributed by atoms with Crippen LogP contribution in [-0.2, 0) is 0 Å². The van der Waals surface area contributed by atoms with Crippen molar-refractivity contribution in [2.75, 3.05) is 5.32 Å². The number of imidazole rings is 1. The van der Waals surface area contributed by atoms with Gasteiger partial charge in [-0.3, -0.25) is 9.36 Å². The first-order valence-electron chi connectivity index (χ1n) is 7.80. The topological polar surface area (TPSA) is 46.9 Å². The first-order valence-corrected chi connectivity index (χ1v) is 8.18. The molecule has 1 amide bonds. The van der Waals surface area contributed by atoms with Gasteiger partial charge in [-0.1, -0.05) is 29.8 Å². The molecule has 1 N–H and O–H groups in total. The summed E-state index contributed by atoms with van der Waals surface area (Å²) in [4.78, 5) is 16.7. The van der Waals surface area contributed by atoms with E-state index in [1.165, 1.54) is 0 Å². The molecule has 0 aliphatic heterocycles. The lowest BCUT2D eigenvalue weighted by Crippen LogP contribution is -2.11. The van der Waals surface area contributed by atoms with Gasteiger partial charge in [-0.15, -0.1) is 0 Å². The number of benzene rings is 3. The van der Waals surface area contributed by atoms with E-state index >= 15 is 0 Å². The molecule has 0 aliphatic rings. The lowest BCUT2D eigenvalue weighted by molar-refractivity contribution is 0.102. The number of anilines is 1. The van der Waals surface area contributed by atoms with E-state index in [4.69, 9.17) is 11.6 Å². The molecule has 25 heavy (non-hydrogen) atoms. The maximum Gasteiger partial charge on any atom is 0.255 e. The zero-order chi connectivity index (χ0) is 17.2. The summed E-state index contributed by atoms with van der Waals surface area (Å²) in [5, 5.41) is 3.49. The number of fused-ring (bicyclic) bond motifs is 1. The van der Waals surface area contributed by atoms with Crippen LogP contribution in [0, 0.1) is 0 Å². The number of nitrogens with one attached hydrogen (secondary N) is 1. The number of carbonyl (C=O) groups is 1. The summed E-state index contributed by atoms with van der Waals surface area (Å²) in [5.41, 5.74) is 4.10. The first kappa shape index (κ1) is 15.4. The summed E-state index contributed by atoms with van der Waals surface area (Å²) in [6.45, 7) is 0. The molecular formula is C20H14ClN3O. The molecule has 1 heterocycles. The highest BCUT2D eigenvalue weighted by Crippen LogP contribution is 2.22. The Morgan fingerprint density at radius 2 is 1.72 bits per heavy atom. The monoisotopic (exact) mass is 347 g/mol. The van der Waals surface area contributed by atoms with Gasteiger partial charge in [0, 0.05) is 22.0 Å². The molecule has 1 aromatic heterocycles. The van der Waals surface area contributed by atoms with E-state index in [0.29, 0.717) is 16.3 Å². The number of para-hydroxylation sites is 1. The van der Waals surface area contributed by atoms with Crippen molar-refractivity contribution in [1.82, 2.24) is 9.55 Å². The van der Waals surface area contributed by atoms with E-state index in [1.54, 1.807) is 30.6 Å². The van der Waals surface area contributed by atoms with Gasteiger partial charge in [-0.25, -0.2) is 4.98 Å². The summed E-state index contributed by atoms with van der Waals surface area (Å²) in [6.07, 6.45) is 1.78. The largest absolute Gasteiger partial charge is 0.322 e. The maximum absolute atomic E-state index is 12.3. The Bertz CT molecular complexity index is 1040. The zero-order valence-electron chi connectivity index (χ0n) is 13.2. The fourth-order valence-corrected chi connectivity index (χ4v) is 2.82. The van der Waals surface area contributed by atoms with Crippen molar-refractivity contribution in [2.45, 2.75) is 0 Å². The van der Waals surface area contributed by atoms with Crippen molar-refractivity contribution in [2.24, 2.45) is 0 Å². The van der Waals surface area contributed by atoms with Gasteiger partial charge in [0.25, 0.3) is 5.91 Å². The molecule has 4 aromatic rings. The Morgan fingerprint density at radius 3 is 2.48 bits per heavy atom. The summed E-state index contributed by atoms with van der Waals surface area (Å²) < 4.78 is 2.01. The van der Waals surface area contributed by atoms with Crippen LogP contribution in [0.2, 0.25) is 5.02 Å². The molecule has 4 rings (SSSR count). The number of carbonyl (C=O) groups excluding carboxylic acids is 1. The second kappa shape index (κ2) is 6.42. The summed E-state index contributed by atoms with van der Waals surface area (Å²) >= 11 is 5.85. The average Bonchev–Trinajstić information content (AvgIpc) is 3.06. The highest BCUT2D eigenvalue weighted by atomic mass is 35.5. The fourth-order valence-electron chi connectivity index (χ4n) is 2.69. The predicted octanol–water partition coefficient (Wildman–Crippen LogP) is 4.93. The van der Waals surface area contributed by atoms with E-state index < -0.39 is 0 Å². The van der Waals surface area contributed by atoms with Crippen LogP contribution in [0.15, 0.2) is 79.1 Å². The van der Waals surface area contributed by atoms with E-state index in [9.17, 15) is 4.79 Å². The van der Waals surface area contributed by atoms with Crippen LogP contribution in [0.25, 0.3) is 16.7 Å². The Kier molecular flexibility index (Phi) is 3.96. The van der Waals surface area contributed by atoms with Gasteiger partial charge in [0.15, 0.2) is 0 Å². The molecule has 0 saturated carbocycles. The third kappa shape index (κ3) is 3.12. The van der Waals surface area contributed by atoms with Crippen LogP contribution in [0.4, 0.5) is 5.69 Å². The van der Waals surface area contributed by atoms with Gasteiger partial charge in [0.05, 0.1) is 11.0 Å². The van der Waals surface area contributed by atoms with Gasteiger partial charge >= 0.3 is 0 Å². The van der Waals surface area contributed by atoms with Crippen LogP contribution in [-0.4, -0.2) is 15.5 Å². The second-order valence-electron chi connectivity index (χ2n) is 5.61. The lowest BCUT2D eigenvalue weighted by atomic mass is 10.2. The van der Waals surface area contributed by atoms with Gasteiger partial charge in [0.2, 0.25) is 0 Å². The van der Waals surface area contributed by atoms with Gasteiger partial charge in [-0.2, -0.15) is 0 Å². The van der Waals surface area contributed by atoms with Crippen LogP contribution in [0.1, 0.15) is 10.4 Å². The minimum atomic E-state index is -0.182. The second-order valence-corrected chi connectivity index (χ2v) is 6.05. The molecule has 3 aromatic carbocycles. The van der Waals surface area contributed by atoms with Crippen LogP contribution >= 0.6 is 11.6 Å². The number of rotatable bonds is 3. The summed E-state index contributed by atoms with van der Waals surface area (Å²) in [6, 6.07) is 22.5. The third-order valence-corrected chi connectivity index (χ3v) is 4.20. The molecule has 0 atom stereocenters. The fraction of sp³-hybridized carbons (Fsp3) is 0. The van der Waals surface area contributed by atoms with Crippen LogP contribution in [0.3, 0.4) is 0 Å². The number of nitrogens with zero attached hydrogens (tertiary/aromatic N) is 2. The smallest absolute Gasteiger partial charge is 0.255 e.